The molecule has 1 aliphatic rings. The van der Waals surface area contributed by atoms with Crippen molar-refractivity contribution in [1.82, 2.24) is 29.7 Å². The minimum absolute atomic E-state index is 0.123. The average Bonchev–Trinajstić information content (AvgIpc) is 3.44. The van der Waals surface area contributed by atoms with Crippen LogP contribution in [0.5, 0.6) is 0 Å². The van der Waals surface area contributed by atoms with Crippen LogP contribution in [0.4, 0.5) is 0 Å². The second-order valence-electron chi connectivity index (χ2n) is 6.94. The Morgan fingerprint density at radius 2 is 2.17 bits per heavy atom. The average molecular weight is 425 g/mol. The number of hydrogen-bond donors (Lipinski definition) is 1. The van der Waals surface area contributed by atoms with Gasteiger partial charge in [0.15, 0.2) is 16.8 Å². The molecule has 0 aromatic carbocycles. The van der Waals surface area contributed by atoms with E-state index in [0.717, 1.165) is 51.8 Å². The molecule has 0 bridgehead atoms. The minimum atomic E-state index is -0.123. The standard InChI is InChI=1S/C20H20N6OS2/c1-2-9-26-15(11-27)24-25-20(26)29-19-16-13-6-3-7-14(13)28-18(16)22-17(23-19)12-5-4-8-21-10-12/h4-5,8,10,27H,2-3,6-7,9,11H2,1H3. The summed E-state index contributed by atoms with van der Waals surface area (Å²) in [7, 11) is 0. The number of hydrogen-bond acceptors (Lipinski definition) is 8. The van der Waals surface area contributed by atoms with E-state index in [-0.39, 0.29) is 6.61 Å². The monoisotopic (exact) mass is 424 g/mol. The van der Waals surface area contributed by atoms with Gasteiger partial charge in [0.1, 0.15) is 16.5 Å². The lowest BCUT2D eigenvalue weighted by atomic mass is 10.2. The summed E-state index contributed by atoms with van der Waals surface area (Å²) < 4.78 is 1.98. The van der Waals surface area contributed by atoms with Crippen molar-refractivity contribution in [2.24, 2.45) is 0 Å². The van der Waals surface area contributed by atoms with E-state index in [4.69, 9.17) is 9.97 Å². The number of aryl methyl sites for hydroxylation is 2. The predicted octanol–water partition coefficient (Wildman–Crippen LogP) is 3.89. The number of pyridine rings is 1. The van der Waals surface area contributed by atoms with Gasteiger partial charge in [-0.25, -0.2) is 9.97 Å². The molecule has 0 saturated carbocycles. The predicted molar refractivity (Wildman–Crippen MR) is 113 cm³/mol. The van der Waals surface area contributed by atoms with Crippen molar-refractivity contribution in [3.05, 3.63) is 40.8 Å². The summed E-state index contributed by atoms with van der Waals surface area (Å²) in [5.74, 6) is 1.26. The number of nitrogens with zero attached hydrogens (tertiary/aromatic N) is 6. The molecule has 9 heteroatoms. The first-order chi connectivity index (χ1) is 14.3. The summed E-state index contributed by atoms with van der Waals surface area (Å²) >= 11 is 3.29. The molecule has 0 unspecified atom stereocenters. The van der Waals surface area contributed by atoms with Crippen LogP contribution in [0.1, 0.15) is 36.0 Å². The van der Waals surface area contributed by atoms with E-state index in [0.29, 0.717) is 11.6 Å². The summed E-state index contributed by atoms with van der Waals surface area (Å²) in [6.45, 7) is 2.74. The molecular formula is C20H20N6OS2. The lowest BCUT2D eigenvalue weighted by Crippen LogP contribution is -2.05. The molecule has 29 heavy (non-hydrogen) atoms. The SMILES string of the molecule is CCCn1c(CO)nnc1Sc1nc(-c2cccnc2)nc2sc3c(c12)CCC3. The second-order valence-corrected chi connectivity index (χ2v) is 8.98. The Morgan fingerprint density at radius 3 is 2.97 bits per heavy atom. The zero-order valence-corrected chi connectivity index (χ0v) is 17.6. The maximum Gasteiger partial charge on any atom is 0.197 e. The third-order valence-electron chi connectivity index (χ3n) is 5.02. The van der Waals surface area contributed by atoms with Crippen molar-refractivity contribution >= 4 is 33.3 Å². The fourth-order valence-corrected chi connectivity index (χ4v) is 6.05. The summed E-state index contributed by atoms with van der Waals surface area (Å²) in [4.78, 5) is 16.5. The summed E-state index contributed by atoms with van der Waals surface area (Å²) in [6, 6.07) is 3.88. The molecule has 0 aliphatic heterocycles. The highest BCUT2D eigenvalue weighted by Gasteiger charge is 2.24. The third-order valence-corrected chi connectivity index (χ3v) is 7.18. The van der Waals surface area contributed by atoms with Gasteiger partial charge in [0.2, 0.25) is 0 Å². The molecule has 4 aromatic rings. The molecule has 0 saturated heterocycles. The highest BCUT2D eigenvalue weighted by molar-refractivity contribution is 7.99. The molecule has 0 amide bonds. The zero-order chi connectivity index (χ0) is 19.8. The molecule has 1 aliphatic carbocycles. The van der Waals surface area contributed by atoms with Gasteiger partial charge in [0.25, 0.3) is 0 Å². The second kappa shape index (κ2) is 7.81. The van der Waals surface area contributed by atoms with E-state index in [1.807, 2.05) is 16.7 Å². The highest BCUT2D eigenvalue weighted by Crippen LogP contribution is 2.42. The van der Waals surface area contributed by atoms with Crippen molar-refractivity contribution in [1.29, 1.82) is 0 Å². The Balaban J connectivity index is 1.67. The van der Waals surface area contributed by atoms with E-state index in [1.54, 1.807) is 23.7 Å². The number of fused-ring (bicyclic) bond motifs is 3. The summed E-state index contributed by atoms with van der Waals surface area (Å²) in [5.41, 5.74) is 2.28. The Kier molecular flexibility index (Phi) is 5.03. The largest absolute Gasteiger partial charge is 0.388 e. The van der Waals surface area contributed by atoms with Crippen LogP contribution in [-0.4, -0.2) is 34.8 Å². The number of rotatable bonds is 6. The van der Waals surface area contributed by atoms with Crippen molar-refractivity contribution in [2.75, 3.05) is 0 Å². The van der Waals surface area contributed by atoms with Crippen LogP contribution in [0.25, 0.3) is 21.6 Å². The maximum atomic E-state index is 9.62. The van der Waals surface area contributed by atoms with E-state index >= 15 is 0 Å². The lowest BCUT2D eigenvalue weighted by molar-refractivity contribution is 0.263. The van der Waals surface area contributed by atoms with Crippen LogP contribution in [0.3, 0.4) is 0 Å². The Morgan fingerprint density at radius 1 is 1.24 bits per heavy atom. The molecule has 0 spiro atoms. The van der Waals surface area contributed by atoms with Gasteiger partial charge in [-0.05, 0) is 55.1 Å². The number of aromatic nitrogens is 6. The van der Waals surface area contributed by atoms with Crippen molar-refractivity contribution < 1.29 is 5.11 Å². The topological polar surface area (TPSA) is 89.6 Å². The molecule has 148 valence electrons. The van der Waals surface area contributed by atoms with Gasteiger partial charge >= 0.3 is 0 Å². The van der Waals surface area contributed by atoms with Crippen LogP contribution in [0.2, 0.25) is 0 Å². The molecule has 7 nitrogen and oxygen atoms in total. The quantitative estimate of drug-likeness (QED) is 0.470. The van der Waals surface area contributed by atoms with Crippen LogP contribution >= 0.6 is 23.1 Å². The van der Waals surface area contributed by atoms with Gasteiger partial charge in [0.05, 0.1) is 0 Å². The van der Waals surface area contributed by atoms with Crippen molar-refractivity contribution in [3.8, 4) is 11.4 Å². The molecule has 0 radical (unpaired) electrons. The van der Waals surface area contributed by atoms with Crippen LogP contribution in [0.15, 0.2) is 34.7 Å². The highest BCUT2D eigenvalue weighted by atomic mass is 32.2. The van der Waals surface area contributed by atoms with Crippen molar-refractivity contribution in [3.63, 3.8) is 0 Å². The van der Waals surface area contributed by atoms with E-state index < -0.39 is 0 Å². The molecule has 0 fully saturated rings. The van der Waals surface area contributed by atoms with Gasteiger partial charge in [-0.3, -0.25) is 4.98 Å². The Bertz CT molecular complexity index is 1170. The van der Waals surface area contributed by atoms with Crippen LogP contribution in [-0.2, 0) is 26.0 Å². The summed E-state index contributed by atoms with van der Waals surface area (Å²) in [5, 5.41) is 20.9. The normalized spacial score (nSPS) is 13.3. The number of aliphatic hydroxyl groups is 1. The smallest absolute Gasteiger partial charge is 0.197 e. The molecule has 0 atom stereocenters. The van der Waals surface area contributed by atoms with Crippen LogP contribution in [0, 0.1) is 0 Å². The van der Waals surface area contributed by atoms with Crippen LogP contribution < -0.4 is 0 Å². The molecule has 1 N–H and O–H groups in total. The first-order valence-electron chi connectivity index (χ1n) is 9.72. The van der Waals surface area contributed by atoms with E-state index in [1.165, 1.54) is 28.6 Å². The third kappa shape index (κ3) is 3.33. The minimum Gasteiger partial charge on any atom is -0.388 e. The molecular weight excluding hydrogens is 404 g/mol. The first-order valence-corrected chi connectivity index (χ1v) is 11.3. The zero-order valence-electron chi connectivity index (χ0n) is 16.0. The van der Waals surface area contributed by atoms with Gasteiger partial charge < -0.3 is 9.67 Å². The molecule has 4 heterocycles. The van der Waals surface area contributed by atoms with Crippen molar-refractivity contribution in [2.45, 2.75) is 55.9 Å². The Hall–Kier alpha value is -2.36. The number of aliphatic hydroxyl groups excluding tert-OH is 1. The lowest BCUT2D eigenvalue weighted by Gasteiger charge is -2.09. The maximum absolute atomic E-state index is 9.62. The summed E-state index contributed by atoms with van der Waals surface area (Å²) in [6.07, 6.45) is 7.85. The molecule has 4 aromatic heterocycles. The number of thiophene rings is 1. The molecule has 5 rings (SSSR count). The fraction of sp³-hybridized carbons (Fsp3) is 0.350. The first kappa shape index (κ1) is 18.7. The van der Waals surface area contributed by atoms with Gasteiger partial charge in [0, 0.05) is 34.8 Å². The van der Waals surface area contributed by atoms with Gasteiger partial charge in [-0.2, -0.15) is 0 Å². The van der Waals surface area contributed by atoms with Gasteiger partial charge in [-0.15, -0.1) is 21.5 Å². The van der Waals surface area contributed by atoms with Gasteiger partial charge in [-0.1, -0.05) is 6.92 Å². The Labute approximate surface area is 176 Å². The fourth-order valence-electron chi connectivity index (χ4n) is 3.71. The van der Waals surface area contributed by atoms with E-state index in [9.17, 15) is 5.11 Å². The van der Waals surface area contributed by atoms with E-state index in [2.05, 4.69) is 22.1 Å².